The van der Waals surface area contributed by atoms with Crippen LogP contribution in [0.25, 0.3) is 0 Å². The van der Waals surface area contributed by atoms with Gasteiger partial charge in [0.2, 0.25) is 4.99 Å². The third-order valence-corrected chi connectivity index (χ3v) is 4.06. The Kier molecular flexibility index (Phi) is 4.14. The van der Waals surface area contributed by atoms with Gasteiger partial charge in [-0.25, -0.2) is 4.21 Å². The van der Waals surface area contributed by atoms with Gasteiger partial charge in [0.25, 0.3) is 0 Å². The predicted octanol–water partition coefficient (Wildman–Crippen LogP) is 1.59. The van der Waals surface area contributed by atoms with E-state index in [4.69, 9.17) is 0 Å². The Morgan fingerprint density at radius 2 is 2.05 bits per heavy atom. The summed E-state index contributed by atoms with van der Waals surface area (Å²) in [4.78, 5) is 0.316. The number of benzene rings is 1. The molecule has 0 amide bonds. The zero-order valence-corrected chi connectivity index (χ0v) is 12.1. The van der Waals surface area contributed by atoms with Crippen molar-refractivity contribution < 1.29 is 9.27 Å². The smallest absolute Gasteiger partial charge is 0.233 e. The van der Waals surface area contributed by atoms with Gasteiger partial charge in [0.15, 0.2) is 11.3 Å². The van der Waals surface area contributed by atoms with E-state index in [1.807, 2.05) is 19.9 Å². The molecule has 1 aromatic rings. The van der Waals surface area contributed by atoms with E-state index in [0.717, 1.165) is 5.57 Å². The highest BCUT2D eigenvalue weighted by Gasteiger charge is 2.24. The average molecular weight is 275 g/mol. The van der Waals surface area contributed by atoms with Crippen LogP contribution in [0.3, 0.4) is 0 Å². The largest absolute Gasteiger partial charge is 0.623 e. The number of hydrogen-bond donors (Lipinski definition) is 1. The van der Waals surface area contributed by atoms with Crippen molar-refractivity contribution in [3.63, 3.8) is 0 Å². The van der Waals surface area contributed by atoms with Crippen LogP contribution >= 0.6 is 0 Å². The second kappa shape index (κ2) is 5.65. The van der Waals surface area contributed by atoms with Crippen LogP contribution in [-0.4, -0.2) is 9.20 Å². The maximum atomic E-state index is 11.7. The number of quaternary nitrogens is 1. The first-order valence-electron chi connectivity index (χ1n) is 6.21. The van der Waals surface area contributed by atoms with Crippen LogP contribution in [0.4, 0.5) is 0 Å². The number of hydroxylamine groups is 2. The minimum absolute atomic E-state index is 0.0465. The van der Waals surface area contributed by atoms with Crippen LogP contribution in [0.15, 0.2) is 42.1 Å². The van der Waals surface area contributed by atoms with Crippen molar-refractivity contribution in [3.8, 4) is 0 Å². The first-order chi connectivity index (χ1) is 9.04. The molecule has 4 heteroatoms. The van der Waals surface area contributed by atoms with Crippen LogP contribution in [-0.2, 0) is 11.3 Å². The minimum Gasteiger partial charge on any atom is -0.623 e. The number of nitrogens with one attached hydrogen (secondary N) is 1. The van der Waals surface area contributed by atoms with Gasteiger partial charge >= 0.3 is 0 Å². The summed E-state index contributed by atoms with van der Waals surface area (Å²) in [5.74, 6) is 0.0465. The summed E-state index contributed by atoms with van der Waals surface area (Å²) in [6.45, 7) is 6.13. The fourth-order valence-corrected chi connectivity index (χ4v) is 2.85. The Hall–Kier alpha value is -1.49. The van der Waals surface area contributed by atoms with Gasteiger partial charge in [0.05, 0.1) is 0 Å². The van der Waals surface area contributed by atoms with Crippen molar-refractivity contribution in [1.29, 1.82) is 0 Å². The molecule has 100 valence electrons. The second-order valence-electron chi connectivity index (χ2n) is 4.84. The number of allylic oxidation sites excluding steroid dienone is 2. The third-order valence-electron chi connectivity index (χ3n) is 3.46. The van der Waals surface area contributed by atoms with E-state index >= 15 is 0 Å². The summed E-state index contributed by atoms with van der Waals surface area (Å²) in [6, 6.07) is 6.27. The number of hydrogen-bond acceptors (Lipinski definition) is 2. The first kappa shape index (κ1) is 13.9. The molecule has 1 aliphatic rings. The van der Waals surface area contributed by atoms with Crippen LogP contribution in [0.5, 0.6) is 0 Å². The molecule has 1 heterocycles. The molecule has 3 nitrogen and oxygen atoms in total. The summed E-state index contributed by atoms with van der Waals surface area (Å²) in [5.41, 5.74) is 4.35. The summed E-state index contributed by atoms with van der Waals surface area (Å²) >= 11 is 0.293. The van der Waals surface area contributed by atoms with Crippen molar-refractivity contribution in [2.75, 3.05) is 0 Å². The van der Waals surface area contributed by atoms with E-state index in [0.29, 0.717) is 16.2 Å². The highest BCUT2D eigenvalue weighted by Crippen LogP contribution is 2.28. The van der Waals surface area contributed by atoms with Crippen LogP contribution < -0.4 is 5.06 Å². The van der Waals surface area contributed by atoms with Crippen LogP contribution in [0, 0.1) is 19.1 Å². The fourth-order valence-electron chi connectivity index (χ4n) is 2.36. The van der Waals surface area contributed by atoms with Crippen LogP contribution in [0.2, 0.25) is 0 Å². The minimum atomic E-state index is -0.186. The topological polar surface area (TPSA) is 44.6 Å². The van der Waals surface area contributed by atoms with Crippen molar-refractivity contribution >= 4 is 16.2 Å². The third kappa shape index (κ3) is 2.76. The van der Waals surface area contributed by atoms with Crippen molar-refractivity contribution in [2.24, 2.45) is 0 Å². The molecule has 0 aromatic heterocycles. The van der Waals surface area contributed by atoms with Gasteiger partial charge in [0, 0.05) is 11.5 Å². The average Bonchev–Trinajstić information content (AvgIpc) is 2.40. The SMILES string of the molecule is Cc1ccc(C)c(C(C)C2=CC=C[NH+]([O-])C2=S=O)c1. The normalized spacial score (nSPS) is 20.1. The van der Waals surface area contributed by atoms with Crippen molar-refractivity contribution in [3.05, 3.63) is 64.0 Å². The van der Waals surface area contributed by atoms with Crippen molar-refractivity contribution in [1.82, 2.24) is 0 Å². The monoisotopic (exact) mass is 275 g/mol. The molecule has 1 aliphatic heterocycles. The molecule has 2 rings (SSSR count). The lowest BCUT2D eigenvalue weighted by atomic mass is 9.88. The first-order valence-corrected chi connectivity index (χ1v) is 6.95. The summed E-state index contributed by atoms with van der Waals surface area (Å²) in [7, 11) is 0. The highest BCUT2D eigenvalue weighted by molar-refractivity contribution is 7.66. The molecule has 1 N–H and O–H groups in total. The molecule has 0 saturated heterocycles. The maximum Gasteiger partial charge on any atom is 0.233 e. The Morgan fingerprint density at radius 3 is 2.74 bits per heavy atom. The summed E-state index contributed by atoms with van der Waals surface area (Å²) < 4.78 is 11.2. The lowest BCUT2D eigenvalue weighted by molar-refractivity contribution is -0.680. The molecular weight excluding hydrogens is 258 g/mol. The Balaban J connectivity index is 2.46. The molecule has 1 aromatic carbocycles. The molecular formula is C15H17NO2S. The van der Waals surface area contributed by atoms with E-state index in [9.17, 15) is 9.42 Å². The van der Waals surface area contributed by atoms with Gasteiger partial charge in [-0.15, -0.1) is 0 Å². The van der Waals surface area contributed by atoms with Crippen LogP contribution in [0.1, 0.15) is 29.5 Å². The molecule has 0 aliphatic carbocycles. The van der Waals surface area contributed by atoms with E-state index in [1.165, 1.54) is 22.9 Å². The zero-order chi connectivity index (χ0) is 14.0. The molecule has 2 atom stereocenters. The highest BCUT2D eigenvalue weighted by atomic mass is 32.1. The molecule has 0 saturated carbocycles. The predicted molar refractivity (Wildman–Crippen MR) is 79.0 cm³/mol. The van der Waals surface area contributed by atoms with Gasteiger partial charge in [-0.05, 0) is 37.1 Å². The van der Waals surface area contributed by atoms with Crippen molar-refractivity contribution in [2.45, 2.75) is 26.7 Å². The quantitative estimate of drug-likeness (QED) is 0.658. The lowest BCUT2D eigenvalue weighted by Crippen LogP contribution is -3.06. The van der Waals surface area contributed by atoms with Gasteiger partial charge < -0.3 is 10.3 Å². The Morgan fingerprint density at radius 1 is 1.32 bits per heavy atom. The van der Waals surface area contributed by atoms with Gasteiger partial charge in [0.1, 0.15) is 6.20 Å². The molecule has 19 heavy (non-hydrogen) atoms. The van der Waals surface area contributed by atoms with Gasteiger partial charge in [-0.3, -0.25) is 0 Å². The standard InChI is InChI=1S/C15H17NO2S/c1-10-6-7-11(2)14(9-10)12(3)13-5-4-8-16(17)15(13)19-18/h4-9,12,16H,1-3H3. The second-order valence-corrected chi connectivity index (χ2v) is 5.41. The Labute approximate surface area is 116 Å². The van der Waals surface area contributed by atoms with E-state index < -0.39 is 0 Å². The lowest BCUT2D eigenvalue weighted by Gasteiger charge is -2.25. The fraction of sp³-hybridized carbons (Fsp3) is 0.267. The van der Waals surface area contributed by atoms with E-state index in [-0.39, 0.29) is 11.0 Å². The maximum absolute atomic E-state index is 11.7. The summed E-state index contributed by atoms with van der Waals surface area (Å²) in [6.07, 6.45) is 5.03. The molecule has 0 bridgehead atoms. The van der Waals surface area contributed by atoms with E-state index in [2.05, 4.69) is 25.1 Å². The number of rotatable bonds is 2. The van der Waals surface area contributed by atoms with Gasteiger partial charge in [-0.2, -0.15) is 0 Å². The zero-order valence-electron chi connectivity index (χ0n) is 11.3. The van der Waals surface area contributed by atoms with E-state index in [1.54, 1.807) is 6.08 Å². The molecule has 0 radical (unpaired) electrons. The molecule has 0 fully saturated rings. The molecule has 0 spiro atoms. The number of aryl methyl sites for hydroxylation is 2. The van der Waals surface area contributed by atoms with Gasteiger partial charge in [-0.1, -0.05) is 30.7 Å². The molecule has 2 unspecified atom stereocenters. The Bertz CT molecular complexity index is 613. The summed E-state index contributed by atoms with van der Waals surface area (Å²) in [5, 5.41) is 11.6.